The predicted octanol–water partition coefficient (Wildman–Crippen LogP) is 4.43. The summed E-state index contributed by atoms with van der Waals surface area (Å²) in [4.78, 5) is 14.5. The zero-order valence-electron chi connectivity index (χ0n) is 16.9. The first-order chi connectivity index (χ1) is 14.9. The molecule has 0 fully saturated rings. The monoisotopic (exact) mass is 451 g/mol. The summed E-state index contributed by atoms with van der Waals surface area (Å²) in [6, 6.07) is 24.0. The van der Waals surface area contributed by atoms with Gasteiger partial charge in [-0.05, 0) is 36.8 Å². The lowest BCUT2D eigenvalue weighted by molar-refractivity contribution is -0.113. The maximum Gasteiger partial charge on any atom is 0.286 e. The van der Waals surface area contributed by atoms with E-state index < -0.39 is 10.0 Å². The summed E-state index contributed by atoms with van der Waals surface area (Å²) < 4.78 is 29.5. The van der Waals surface area contributed by atoms with Crippen LogP contribution in [-0.2, 0) is 21.4 Å². The first kappa shape index (κ1) is 21.1. The Kier molecular flexibility index (Phi) is 6.11. The van der Waals surface area contributed by atoms with E-state index in [1.807, 2.05) is 66.4 Å². The Morgan fingerprint density at radius 3 is 2.39 bits per heavy atom. The van der Waals surface area contributed by atoms with Crippen LogP contribution in [0.5, 0.6) is 0 Å². The van der Waals surface area contributed by atoms with Gasteiger partial charge in [-0.2, -0.15) is 8.42 Å². The van der Waals surface area contributed by atoms with Gasteiger partial charge in [0.25, 0.3) is 10.0 Å². The molecule has 3 aromatic rings. The van der Waals surface area contributed by atoms with Gasteiger partial charge in [0.05, 0.1) is 18.0 Å². The number of para-hydroxylation sites is 1. The van der Waals surface area contributed by atoms with Crippen molar-refractivity contribution in [1.29, 1.82) is 0 Å². The maximum absolute atomic E-state index is 12.7. The second-order valence-corrected chi connectivity index (χ2v) is 9.61. The lowest BCUT2D eigenvalue weighted by atomic mass is 10.2. The Bertz CT molecular complexity index is 1220. The van der Waals surface area contributed by atoms with Crippen molar-refractivity contribution in [2.24, 2.45) is 4.40 Å². The number of benzene rings is 3. The number of carbonyl (C=O) groups excluding carboxylic acids is 1. The highest BCUT2D eigenvalue weighted by atomic mass is 32.2. The Hall–Kier alpha value is -3.10. The van der Waals surface area contributed by atoms with E-state index in [2.05, 4.69) is 9.71 Å². The topological polar surface area (TPSA) is 78.8 Å². The second kappa shape index (κ2) is 8.95. The quantitative estimate of drug-likeness (QED) is 0.621. The summed E-state index contributed by atoms with van der Waals surface area (Å²) in [6.07, 6.45) is 0. The summed E-state index contributed by atoms with van der Waals surface area (Å²) in [5.74, 6) is -0.192. The van der Waals surface area contributed by atoms with Crippen molar-refractivity contribution in [2.45, 2.75) is 18.4 Å². The highest BCUT2D eigenvalue weighted by Gasteiger charge is 2.31. The molecule has 0 radical (unpaired) electrons. The van der Waals surface area contributed by atoms with Crippen molar-refractivity contribution < 1.29 is 13.2 Å². The van der Waals surface area contributed by atoms with E-state index in [0.717, 1.165) is 22.9 Å². The van der Waals surface area contributed by atoms with Crippen LogP contribution in [0.15, 0.2) is 88.2 Å². The van der Waals surface area contributed by atoms with Crippen molar-refractivity contribution in [1.82, 2.24) is 0 Å². The Balaban J connectivity index is 1.57. The highest BCUT2D eigenvalue weighted by Crippen LogP contribution is 2.35. The fourth-order valence-corrected chi connectivity index (χ4v) is 5.44. The molecule has 4 rings (SSSR count). The van der Waals surface area contributed by atoms with E-state index in [1.54, 1.807) is 24.3 Å². The first-order valence-corrected chi connectivity index (χ1v) is 12.1. The van der Waals surface area contributed by atoms with Gasteiger partial charge in [0.2, 0.25) is 5.91 Å². The number of amides is 1. The number of carbonyl (C=O) groups is 1. The van der Waals surface area contributed by atoms with E-state index in [-0.39, 0.29) is 21.7 Å². The zero-order valence-corrected chi connectivity index (χ0v) is 18.5. The fourth-order valence-electron chi connectivity index (χ4n) is 3.19. The van der Waals surface area contributed by atoms with E-state index >= 15 is 0 Å². The molecule has 31 heavy (non-hydrogen) atoms. The van der Waals surface area contributed by atoms with Gasteiger partial charge in [0.15, 0.2) is 5.17 Å². The number of fused-ring (bicyclic) bond motifs is 1. The number of aryl methyl sites for hydroxylation is 1. The minimum Gasteiger partial charge on any atom is -0.325 e. The minimum atomic E-state index is -3.83. The van der Waals surface area contributed by atoms with Crippen molar-refractivity contribution >= 4 is 44.2 Å². The lowest BCUT2D eigenvalue weighted by Crippen LogP contribution is -2.34. The second-order valence-electron chi connectivity index (χ2n) is 7.09. The van der Waals surface area contributed by atoms with Gasteiger partial charge in [-0.1, -0.05) is 71.9 Å². The molecule has 3 aromatic carbocycles. The van der Waals surface area contributed by atoms with Crippen LogP contribution in [0.4, 0.5) is 11.4 Å². The number of sulfonamides is 1. The molecule has 1 N–H and O–H groups in total. The van der Waals surface area contributed by atoms with Crippen molar-refractivity contribution in [3.63, 3.8) is 0 Å². The molecular weight excluding hydrogens is 430 g/mol. The van der Waals surface area contributed by atoms with Crippen molar-refractivity contribution in [3.05, 3.63) is 90.0 Å². The molecular formula is C23H21N3O3S2. The van der Waals surface area contributed by atoms with Gasteiger partial charge >= 0.3 is 0 Å². The largest absolute Gasteiger partial charge is 0.325 e. The summed E-state index contributed by atoms with van der Waals surface area (Å²) >= 11 is 1.11. The van der Waals surface area contributed by atoms with Crippen LogP contribution in [-0.4, -0.2) is 25.2 Å². The Labute approximate surface area is 186 Å². The minimum absolute atomic E-state index is 0.0374. The van der Waals surface area contributed by atoms with E-state index in [4.69, 9.17) is 0 Å². The van der Waals surface area contributed by atoms with E-state index in [9.17, 15) is 13.2 Å². The van der Waals surface area contributed by atoms with Gasteiger partial charge in [-0.3, -0.25) is 4.79 Å². The number of thioether (sulfide) groups is 1. The summed E-state index contributed by atoms with van der Waals surface area (Å²) in [7, 11) is -3.83. The standard InChI is InChI=1S/C23H21N3O3S2/c1-17-11-13-19(14-12-17)24-22(27)16-30-23-25-31(28,29)21-10-6-5-9-20(21)26(23)15-18-7-3-2-4-8-18/h2-14H,15-16H2,1H3,(H,24,27). The molecule has 0 atom stereocenters. The summed E-state index contributed by atoms with van der Waals surface area (Å²) in [5.41, 5.74) is 3.36. The number of hydrogen-bond donors (Lipinski definition) is 1. The van der Waals surface area contributed by atoms with Gasteiger partial charge in [-0.15, -0.1) is 4.40 Å². The highest BCUT2D eigenvalue weighted by molar-refractivity contribution is 8.15. The number of nitrogens with one attached hydrogen (secondary N) is 1. The molecule has 1 heterocycles. The van der Waals surface area contributed by atoms with Crippen molar-refractivity contribution in [3.8, 4) is 0 Å². The van der Waals surface area contributed by atoms with Gasteiger partial charge in [0.1, 0.15) is 4.90 Å². The summed E-state index contributed by atoms with van der Waals surface area (Å²) in [5, 5.41) is 3.11. The van der Waals surface area contributed by atoms with Gasteiger partial charge < -0.3 is 10.2 Å². The molecule has 0 saturated heterocycles. The molecule has 6 nitrogen and oxygen atoms in total. The zero-order chi connectivity index (χ0) is 21.8. The third kappa shape index (κ3) is 4.98. The smallest absolute Gasteiger partial charge is 0.286 e. The van der Waals surface area contributed by atoms with E-state index in [0.29, 0.717) is 17.9 Å². The third-order valence-corrected chi connectivity index (χ3v) is 7.12. The fraction of sp³-hybridized carbons (Fsp3) is 0.130. The lowest BCUT2D eigenvalue weighted by Gasteiger charge is -2.30. The number of hydrogen-bond acceptors (Lipinski definition) is 5. The molecule has 1 amide bonds. The molecule has 158 valence electrons. The maximum atomic E-state index is 12.7. The molecule has 1 aliphatic rings. The van der Waals surface area contributed by atoms with Crippen LogP contribution in [0.2, 0.25) is 0 Å². The van der Waals surface area contributed by atoms with Gasteiger partial charge in [0, 0.05) is 5.69 Å². The predicted molar refractivity (Wildman–Crippen MR) is 126 cm³/mol. The van der Waals surface area contributed by atoms with Crippen LogP contribution in [0.3, 0.4) is 0 Å². The average Bonchev–Trinajstić information content (AvgIpc) is 2.77. The Morgan fingerprint density at radius 1 is 0.968 bits per heavy atom. The first-order valence-electron chi connectivity index (χ1n) is 9.67. The molecule has 0 aromatic heterocycles. The van der Waals surface area contributed by atoms with Crippen molar-refractivity contribution in [2.75, 3.05) is 16.0 Å². The number of nitrogens with zero attached hydrogens (tertiary/aromatic N) is 2. The number of anilines is 2. The van der Waals surface area contributed by atoms with Crippen LogP contribution in [0.25, 0.3) is 0 Å². The van der Waals surface area contributed by atoms with Gasteiger partial charge in [-0.25, -0.2) is 0 Å². The van der Waals surface area contributed by atoms with Crippen LogP contribution in [0.1, 0.15) is 11.1 Å². The number of amidine groups is 1. The van der Waals surface area contributed by atoms with E-state index in [1.165, 1.54) is 0 Å². The molecule has 0 spiro atoms. The van der Waals surface area contributed by atoms with Crippen LogP contribution >= 0.6 is 11.8 Å². The third-order valence-electron chi connectivity index (χ3n) is 4.71. The Morgan fingerprint density at radius 2 is 1.65 bits per heavy atom. The normalized spacial score (nSPS) is 14.5. The molecule has 1 aliphatic heterocycles. The SMILES string of the molecule is Cc1ccc(NC(=O)CSC2=NS(=O)(=O)c3ccccc3N2Cc2ccccc2)cc1. The van der Waals surface area contributed by atoms with Crippen LogP contribution in [0, 0.1) is 6.92 Å². The molecule has 0 aliphatic carbocycles. The molecule has 0 saturated carbocycles. The molecule has 0 bridgehead atoms. The number of rotatable bonds is 5. The van der Waals surface area contributed by atoms with Crippen LogP contribution < -0.4 is 10.2 Å². The summed E-state index contributed by atoms with van der Waals surface area (Å²) in [6.45, 7) is 2.42. The average molecular weight is 452 g/mol. The molecule has 8 heteroatoms. The molecule has 0 unspecified atom stereocenters.